The summed E-state index contributed by atoms with van der Waals surface area (Å²) in [4.78, 5) is 2.91. The molecule has 0 fully saturated rings. The highest BCUT2D eigenvalue weighted by Gasteiger charge is 2.31. The molecule has 0 unspecified atom stereocenters. The fourth-order valence-corrected chi connectivity index (χ4v) is 0.548. The van der Waals surface area contributed by atoms with Crippen LogP contribution in [0.4, 0.5) is 13.2 Å². The van der Waals surface area contributed by atoms with E-state index in [1.807, 2.05) is 0 Å². The Hall–Kier alpha value is -1.26. The van der Waals surface area contributed by atoms with Crippen LogP contribution in [0.25, 0.3) is 0 Å². The van der Waals surface area contributed by atoms with Gasteiger partial charge in [-0.3, -0.25) is 5.11 Å². The van der Waals surface area contributed by atoms with Crippen LogP contribution < -0.4 is 0 Å². The number of alkyl halides is 3. The Kier molecular flexibility index (Phi) is 1.72. The fourth-order valence-electron chi connectivity index (χ4n) is 0.548. The molecule has 2 nitrogen and oxygen atoms in total. The molecule has 5 heteroatoms. The third-order valence-electron chi connectivity index (χ3n) is 1.03. The predicted molar refractivity (Wildman–Crippen MR) is 29.4 cm³/mol. The van der Waals surface area contributed by atoms with Crippen molar-refractivity contribution in [2.24, 2.45) is 0 Å². The van der Waals surface area contributed by atoms with E-state index in [0.29, 0.717) is 12.3 Å². The maximum atomic E-state index is 11.8. The SMILES string of the molecule is [O]c1ccc(C(F)(F)F)nc1. The van der Waals surface area contributed by atoms with E-state index in [9.17, 15) is 18.3 Å². The largest absolute Gasteiger partial charge is 0.433 e. The molecule has 1 aromatic rings. The highest BCUT2D eigenvalue weighted by molar-refractivity contribution is 5.19. The van der Waals surface area contributed by atoms with E-state index in [1.54, 1.807) is 0 Å². The fraction of sp³-hybridized carbons (Fsp3) is 0.167. The van der Waals surface area contributed by atoms with Gasteiger partial charge in [-0.2, -0.15) is 13.2 Å². The lowest BCUT2D eigenvalue weighted by molar-refractivity contribution is -0.141. The first kappa shape index (κ1) is 7.84. The van der Waals surface area contributed by atoms with Gasteiger partial charge in [-0.25, -0.2) is 4.98 Å². The summed E-state index contributed by atoms with van der Waals surface area (Å²) >= 11 is 0. The van der Waals surface area contributed by atoms with Gasteiger partial charge in [0.05, 0.1) is 6.20 Å². The Bertz CT molecular complexity index is 241. The van der Waals surface area contributed by atoms with Gasteiger partial charge in [0.2, 0.25) is 0 Å². The molecule has 0 N–H and O–H groups in total. The van der Waals surface area contributed by atoms with Crippen molar-refractivity contribution in [3.63, 3.8) is 0 Å². The van der Waals surface area contributed by atoms with Gasteiger partial charge in [0.1, 0.15) is 5.69 Å². The lowest BCUT2D eigenvalue weighted by Gasteiger charge is -2.02. The van der Waals surface area contributed by atoms with E-state index in [2.05, 4.69) is 4.98 Å². The third-order valence-corrected chi connectivity index (χ3v) is 1.03. The smallest absolute Gasteiger partial charge is 0.288 e. The number of hydrogen-bond donors (Lipinski definition) is 0. The molecule has 0 atom stereocenters. The molecule has 0 aliphatic rings. The van der Waals surface area contributed by atoms with Gasteiger partial charge in [-0.15, -0.1) is 0 Å². The van der Waals surface area contributed by atoms with Crippen LogP contribution in [0.1, 0.15) is 5.69 Å². The molecule has 0 saturated heterocycles. The van der Waals surface area contributed by atoms with Gasteiger partial charge in [-0.1, -0.05) is 0 Å². The number of hydrogen-bond acceptors (Lipinski definition) is 1. The molecule has 11 heavy (non-hydrogen) atoms. The number of nitrogens with zero attached hydrogens (tertiary/aromatic N) is 1. The van der Waals surface area contributed by atoms with Crippen LogP contribution in [-0.2, 0) is 11.3 Å². The summed E-state index contributed by atoms with van der Waals surface area (Å²) in [7, 11) is 0. The molecule has 1 radical (unpaired) electrons. The van der Waals surface area contributed by atoms with Gasteiger partial charge in [0.15, 0.2) is 5.75 Å². The minimum absolute atomic E-state index is 0.530. The van der Waals surface area contributed by atoms with Crippen LogP contribution in [0.15, 0.2) is 18.3 Å². The molecule has 0 spiro atoms. The molecular formula is C6H3F3NO. The summed E-state index contributed by atoms with van der Waals surface area (Å²) in [6.45, 7) is 0. The van der Waals surface area contributed by atoms with Crippen molar-refractivity contribution >= 4 is 0 Å². The maximum absolute atomic E-state index is 11.8. The number of pyridine rings is 1. The topological polar surface area (TPSA) is 32.8 Å². The molecule has 59 valence electrons. The minimum Gasteiger partial charge on any atom is -0.288 e. The monoisotopic (exact) mass is 162 g/mol. The van der Waals surface area contributed by atoms with E-state index in [4.69, 9.17) is 0 Å². The minimum atomic E-state index is -4.46. The van der Waals surface area contributed by atoms with E-state index in [1.165, 1.54) is 0 Å². The first-order chi connectivity index (χ1) is 5.00. The molecule has 1 rings (SSSR count). The average molecular weight is 162 g/mol. The standard InChI is InChI=1S/C6H3F3NO/c7-6(8,9)5-2-1-4(11)3-10-5/h1-3H. The van der Waals surface area contributed by atoms with Crippen molar-refractivity contribution in [3.8, 4) is 5.75 Å². The van der Waals surface area contributed by atoms with Crippen molar-refractivity contribution < 1.29 is 18.3 Å². The molecule has 0 aromatic carbocycles. The number of halogens is 3. The highest BCUT2D eigenvalue weighted by Crippen LogP contribution is 2.27. The van der Waals surface area contributed by atoms with Gasteiger partial charge in [-0.05, 0) is 12.1 Å². The molecule has 1 heterocycles. The van der Waals surface area contributed by atoms with Gasteiger partial charge in [0.25, 0.3) is 0 Å². The predicted octanol–water partition coefficient (Wildman–Crippen LogP) is 2.24. The molecule has 0 amide bonds. The Morgan fingerprint density at radius 3 is 2.27 bits per heavy atom. The van der Waals surface area contributed by atoms with Crippen LogP contribution in [0.5, 0.6) is 5.75 Å². The van der Waals surface area contributed by atoms with E-state index >= 15 is 0 Å². The Balaban J connectivity index is 2.99. The molecule has 0 aliphatic heterocycles. The van der Waals surface area contributed by atoms with Gasteiger partial charge < -0.3 is 0 Å². The third kappa shape index (κ3) is 1.83. The average Bonchev–Trinajstić information content (AvgIpc) is 1.86. The molecular weight excluding hydrogens is 159 g/mol. The Morgan fingerprint density at radius 2 is 1.91 bits per heavy atom. The summed E-state index contributed by atoms with van der Waals surface area (Å²) in [6.07, 6.45) is -3.82. The second kappa shape index (κ2) is 2.41. The van der Waals surface area contributed by atoms with E-state index in [-0.39, 0.29) is 0 Å². The molecule has 1 aromatic heterocycles. The van der Waals surface area contributed by atoms with Gasteiger partial charge >= 0.3 is 6.18 Å². The second-order valence-corrected chi connectivity index (χ2v) is 1.88. The van der Waals surface area contributed by atoms with Crippen LogP contribution in [0.2, 0.25) is 0 Å². The maximum Gasteiger partial charge on any atom is 0.433 e. The lowest BCUT2D eigenvalue weighted by Crippen LogP contribution is -2.06. The molecule has 0 aliphatic carbocycles. The summed E-state index contributed by atoms with van der Waals surface area (Å²) in [5.74, 6) is -0.530. The van der Waals surface area contributed by atoms with Crippen molar-refractivity contribution in [2.45, 2.75) is 6.18 Å². The molecule has 0 bridgehead atoms. The summed E-state index contributed by atoms with van der Waals surface area (Å²) in [5.41, 5.74) is -1.04. The van der Waals surface area contributed by atoms with Crippen molar-refractivity contribution in [1.82, 2.24) is 4.98 Å². The quantitative estimate of drug-likeness (QED) is 0.575. The zero-order chi connectivity index (χ0) is 8.48. The van der Waals surface area contributed by atoms with Crippen molar-refractivity contribution in [2.75, 3.05) is 0 Å². The van der Waals surface area contributed by atoms with Crippen LogP contribution >= 0.6 is 0 Å². The Morgan fingerprint density at radius 1 is 1.27 bits per heavy atom. The second-order valence-electron chi connectivity index (χ2n) is 1.88. The zero-order valence-corrected chi connectivity index (χ0v) is 5.22. The normalized spacial score (nSPS) is 11.5. The van der Waals surface area contributed by atoms with E-state index in [0.717, 1.165) is 6.07 Å². The van der Waals surface area contributed by atoms with Crippen molar-refractivity contribution in [3.05, 3.63) is 24.0 Å². The zero-order valence-electron chi connectivity index (χ0n) is 5.22. The number of aromatic nitrogens is 1. The summed E-state index contributed by atoms with van der Waals surface area (Å²) < 4.78 is 35.3. The van der Waals surface area contributed by atoms with Crippen LogP contribution in [0, 0.1) is 0 Å². The highest BCUT2D eigenvalue weighted by atomic mass is 19.4. The lowest BCUT2D eigenvalue weighted by atomic mass is 10.3. The Labute approximate surface area is 60.3 Å². The van der Waals surface area contributed by atoms with Gasteiger partial charge in [0, 0.05) is 0 Å². The molecule has 0 saturated carbocycles. The number of rotatable bonds is 0. The van der Waals surface area contributed by atoms with E-state index < -0.39 is 17.6 Å². The first-order valence-electron chi connectivity index (χ1n) is 2.70. The van der Waals surface area contributed by atoms with Crippen LogP contribution in [0.3, 0.4) is 0 Å². The summed E-state index contributed by atoms with van der Waals surface area (Å²) in [5, 5.41) is 10.3. The first-order valence-corrected chi connectivity index (χ1v) is 2.70. The van der Waals surface area contributed by atoms with Crippen molar-refractivity contribution in [1.29, 1.82) is 0 Å². The van der Waals surface area contributed by atoms with Crippen LogP contribution in [-0.4, -0.2) is 4.98 Å². The summed E-state index contributed by atoms with van der Waals surface area (Å²) in [6, 6.07) is 1.48.